The number of halogens is 1. The molecule has 3 saturated heterocycles. The highest BCUT2D eigenvalue weighted by Crippen LogP contribution is 2.70. The van der Waals surface area contributed by atoms with Crippen molar-refractivity contribution in [1.82, 2.24) is 15.5 Å². The molecule has 3 saturated carbocycles. The molecule has 20 heteroatoms. The number of hydrogen-bond acceptors (Lipinski definition) is 18. The molecule has 0 spiro atoms. The van der Waals surface area contributed by atoms with Crippen molar-refractivity contribution >= 4 is 17.7 Å². The summed E-state index contributed by atoms with van der Waals surface area (Å²) in [7, 11) is 3.38. The number of fused-ring (bicyclic) bond motifs is 5. The molecule has 26 atom stereocenters. The third-order valence-corrected chi connectivity index (χ3v) is 22.2. The number of esters is 1. The van der Waals surface area contributed by atoms with E-state index < -0.39 is 147 Å². The van der Waals surface area contributed by atoms with Crippen LogP contribution in [0.3, 0.4) is 0 Å². The number of cyclic esters (lactones) is 1. The number of aliphatic hydroxyl groups excluding tert-OH is 3. The van der Waals surface area contributed by atoms with Crippen LogP contribution in [-0.2, 0) is 42.8 Å². The molecule has 0 aromatic carbocycles. The number of ketones is 1. The van der Waals surface area contributed by atoms with Gasteiger partial charge in [-0.15, -0.1) is 0 Å². The molecular weight excluding hydrogens is 1060 g/mol. The second-order valence-electron chi connectivity index (χ2n) is 27.7. The fourth-order valence-electron chi connectivity index (χ4n) is 16.8. The van der Waals surface area contributed by atoms with Gasteiger partial charge in [-0.1, -0.05) is 53.2 Å². The Kier molecular flexibility index (Phi) is 20.1. The summed E-state index contributed by atoms with van der Waals surface area (Å²) in [5.74, 6) is -5.63. The summed E-state index contributed by atoms with van der Waals surface area (Å²) in [6.07, 6.45) is -4.79. The van der Waals surface area contributed by atoms with Crippen LogP contribution >= 0.6 is 0 Å². The standard InChI is InChI=1S/C62H104FN3O16/c1-17-46-59(14,74)50(70)38(8)65-32-33(3)29-57(12,73)51(82-53-48(69)44(66(15)18-2)27-35(5)78-53)36(6)49(37(7)52(71)80-46)81-47-31-58(13,77-16)60(75,39(9)79-47)23-19-25-64-54(72)62(76)34(4)26-43-42-21-20-40-28-41(67)22-24-55(40,10)61(42,63)45(68)30-56(43,62)11/h22,24,28,33-39,42-51,53,65,68-70,73-76H,17-21,23,25-27,29-32H2,1-16H3,(H,64,72)/t33-,34-,35-,36-,37-,38-,39+,42?,43?,44+,45+,46-,47?,48-,49+,50-,51-,53?,55+,56+,57-,58-,59-,60+,61+,62+/m1/s1. The largest absolute Gasteiger partial charge is 0.459 e. The molecule has 6 fully saturated rings. The predicted molar refractivity (Wildman–Crippen MR) is 303 cm³/mol. The fraction of sp³-hybridized carbons (Fsp3) is 0.887. The molecule has 0 bridgehead atoms. The minimum Gasteiger partial charge on any atom is -0.459 e. The van der Waals surface area contributed by atoms with Crippen LogP contribution in [0.1, 0.15) is 161 Å². The van der Waals surface area contributed by atoms with Gasteiger partial charge in [-0.3, -0.25) is 14.4 Å². The molecule has 0 radical (unpaired) electrons. The summed E-state index contributed by atoms with van der Waals surface area (Å²) in [6.45, 7) is 25.5. The van der Waals surface area contributed by atoms with Gasteiger partial charge in [0.05, 0.1) is 42.0 Å². The minimum absolute atomic E-state index is 0.0257. The molecular formula is C62H104FN3O16. The molecule has 7 rings (SSSR count). The number of rotatable bonds is 13. The zero-order valence-electron chi connectivity index (χ0n) is 51.9. The van der Waals surface area contributed by atoms with Crippen LogP contribution in [0.15, 0.2) is 23.8 Å². The maximum atomic E-state index is 17.9. The second kappa shape index (κ2) is 24.6. The van der Waals surface area contributed by atoms with Gasteiger partial charge in [-0.2, -0.15) is 0 Å². The summed E-state index contributed by atoms with van der Waals surface area (Å²) in [5.41, 5.74) is -12.5. The number of hydrogen-bond donors (Lipinski definition) is 9. The molecule has 7 aliphatic rings. The topological polar surface area (TPSA) is 275 Å². The van der Waals surface area contributed by atoms with Gasteiger partial charge < -0.3 is 79.7 Å². The van der Waals surface area contributed by atoms with E-state index in [0.29, 0.717) is 44.3 Å². The molecule has 3 aliphatic heterocycles. The van der Waals surface area contributed by atoms with Gasteiger partial charge in [0.1, 0.15) is 35.1 Å². The lowest BCUT2D eigenvalue weighted by Gasteiger charge is -2.62. The first-order valence-corrected chi connectivity index (χ1v) is 30.7. The molecule has 1 amide bonds. The molecule has 4 aliphatic carbocycles. The second-order valence-corrected chi connectivity index (χ2v) is 27.7. The molecule has 9 N–H and O–H groups in total. The third kappa shape index (κ3) is 11.5. The molecule has 0 aromatic heterocycles. The summed E-state index contributed by atoms with van der Waals surface area (Å²) in [6, 6.07) is -0.993. The van der Waals surface area contributed by atoms with Crippen LogP contribution in [0.2, 0.25) is 0 Å². The van der Waals surface area contributed by atoms with Crippen molar-refractivity contribution in [2.24, 2.45) is 46.3 Å². The Morgan fingerprint density at radius 3 is 2.22 bits per heavy atom. The van der Waals surface area contributed by atoms with Gasteiger partial charge in [0.25, 0.3) is 5.91 Å². The van der Waals surface area contributed by atoms with Gasteiger partial charge in [-0.25, -0.2) is 4.39 Å². The van der Waals surface area contributed by atoms with Crippen LogP contribution in [0.4, 0.5) is 4.39 Å². The predicted octanol–water partition coefficient (Wildman–Crippen LogP) is 4.56. The SMILES string of the molecule is CC[C@H]1OC(=O)[C@H](C)[C@@H](OC2C[C@@](C)(OC)[C@](O)(CCCNC(=O)[C@@]3(O)[C@H](C)CC4C5CCC6=CC(=O)C=C[C@]6(C)[C@@]5(F)[C@@H](O)C[C@@]43C)[C@H](C)O2)[C@@H](C)[C@@H](OC2O[C@H](C)C[C@H](N(C)CC)[C@H]2O)[C@](C)(O)C[C@@H](C)CN[C@H](C)[C@@H](O)[C@]1(C)O. The Labute approximate surface area is 486 Å². The maximum absolute atomic E-state index is 17.9. The average molecular weight is 1170 g/mol. The zero-order valence-corrected chi connectivity index (χ0v) is 51.9. The van der Waals surface area contributed by atoms with Crippen LogP contribution in [0, 0.1) is 46.3 Å². The number of nitrogens with one attached hydrogen (secondary N) is 2. The van der Waals surface area contributed by atoms with Crippen molar-refractivity contribution in [2.45, 2.75) is 268 Å². The number of alkyl halides is 1. The van der Waals surface area contributed by atoms with Gasteiger partial charge in [0.2, 0.25) is 0 Å². The van der Waals surface area contributed by atoms with E-state index in [4.69, 9.17) is 28.4 Å². The number of aliphatic hydroxyl groups is 7. The van der Waals surface area contributed by atoms with E-state index >= 15 is 4.39 Å². The zero-order chi connectivity index (χ0) is 61.2. The maximum Gasteiger partial charge on any atom is 0.311 e. The molecule has 3 heterocycles. The number of likely N-dealkylation sites (N-methyl/N-ethyl adjacent to an activating group) is 1. The molecule has 82 heavy (non-hydrogen) atoms. The Morgan fingerprint density at radius 1 is 0.915 bits per heavy atom. The number of allylic oxidation sites excluding steroid dienone is 4. The Morgan fingerprint density at radius 2 is 1.59 bits per heavy atom. The van der Waals surface area contributed by atoms with Crippen molar-refractivity contribution in [2.75, 3.05) is 33.8 Å². The Bertz CT molecular complexity index is 2340. The number of methoxy groups -OCH3 is 1. The number of amides is 1. The van der Waals surface area contributed by atoms with E-state index in [1.807, 2.05) is 32.7 Å². The Balaban J connectivity index is 1.12. The number of carbonyl (C=O) groups is 3. The third-order valence-electron chi connectivity index (χ3n) is 22.2. The first-order valence-electron chi connectivity index (χ1n) is 30.7. The highest BCUT2D eigenvalue weighted by molar-refractivity contribution is 6.01. The van der Waals surface area contributed by atoms with Crippen molar-refractivity contribution in [3.8, 4) is 0 Å². The lowest BCUT2D eigenvalue weighted by molar-refractivity contribution is -0.338. The molecule has 4 unspecified atom stereocenters. The van der Waals surface area contributed by atoms with E-state index in [1.54, 1.807) is 75.3 Å². The fourth-order valence-corrected chi connectivity index (χ4v) is 16.8. The van der Waals surface area contributed by atoms with Gasteiger partial charge in [0, 0.05) is 54.8 Å². The summed E-state index contributed by atoms with van der Waals surface area (Å²) in [4.78, 5) is 43.6. The Hall–Kier alpha value is -2.54. The quantitative estimate of drug-likeness (QED) is 0.0903. The smallest absolute Gasteiger partial charge is 0.311 e. The first-order chi connectivity index (χ1) is 38.0. The van der Waals surface area contributed by atoms with E-state index in [1.165, 1.54) is 26.2 Å². The minimum atomic E-state index is -2.12. The van der Waals surface area contributed by atoms with E-state index in [9.17, 15) is 50.1 Å². The average Bonchev–Trinajstić information content (AvgIpc) is 1.48. The highest BCUT2D eigenvalue weighted by atomic mass is 19.1. The van der Waals surface area contributed by atoms with Gasteiger partial charge in [-0.05, 0) is 163 Å². The highest BCUT2D eigenvalue weighted by Gasteiger charge is 2.76. The van der Waals surface area contributed by atoms with E-state index in [2.05, 4.69) is 10.6 Å². The number of carbonyl (C=O) groups excluding carboxylic acids is 3. The lowest BCUT2D eigenvalue weighted by Crippen LogP contribution is -2.70. The van der Waals surface area contributed by atoms with Crippen LogP contribution < -0.4 is 10.6 Å². The summed E-state index contributed by atoms with van der Waals surface area (Å²) in [5, 5.41) is 91.7. The summed E-state index contributed by atoms with van der Waals surface area (Å²) < 4.78 is 57.0. The summed E-state index contributed by atoms with van der Waals surface area (Å²) >= 11 is 0. The van der Waals surface area contributed by atoms with Crippen molar-refractivity contribution in [3.63, 3.8) is 0 Å². The van der Waals surface area contributed by atoms with Crippen LogP contribution in [-0.4, -0.2) is 199 Å². The van der Waals surface area contributed by atoms with Crippen molar-refractivity contribution in [1.29, 1.82) is 0 Å². The van der Waals surface area contributed by atoms with Crippen LogP contribution in [0.25, 0.3) is 0 Å². The van der Waals surface area contributed by atoms with Gasteiger partial charge >= 0.3 is 5.97 Å². The van der Waals surface area contributed by atoms with Gasteiger partial charge in [0.15, 0.2) is 29.6 Å². The van der Waals surface area contributed by atoms with Crippen molar-refractivity contribution < 1.29 is 82.9 Å². The molecule has 19 nitrogen and oxygen atoms in total. The normalized spacial score (nSPS) is 50.5. The van der Waals surface area contributed by atoms with E-state index in [0.717, 1.165) is 0 Å². The lowest BCUT2D eigenvalue weighted by atomic mass is 9.44. The first kappa shape index (κ1) is 67.0. The van der Waals surface area contributed by atoms with E-state index in [-0.39, 0.29) is 68.9 Å². The van der Waals surface area contributed by atoms with Crippen LogP contribution in [0.5, 0.6) is 0 Å². The molecule has 470 valence electrons. The monoisotopic (exact) mass is 1170 g/mol. The number of nitrogens with zero attached hydrogens (tertiary/aromatic N) is 1. The van der Waals surface area contributed by atoms with Crippen molar-refractivity contribution in [3.05, 3.63) is 23.8 Å². The molecule has 0 aromatic rings. The number of ether oxygens (including phenoxy) is 6.